The van der Waals surface area contributed by atoms with Crippen LogP contribution in [-0.4, -0.2) is 33.7 Å². The van der Waals surface area contributed by atoms with E-state index in [-0.39, 0.29) is 18.5 Å². The molecule has 0 radical (unpaired) electrons. The number of nitrogens with one attached hydrogen (secondary N) is 1. The van der Waals surface area contributed by atoms with Crippen LogP contribution in [0.15, 0.2) is 66.7 Å². The molecule has 0 spiro atoms. The molecule has 3 aromatic carbocycles. The Labute approximate surface area is 227 Å². The van der Waals surface area contributed by atoms with Crippen molar-refractivity contribution in [3.8, 4) is 0 Å². The number of hydrogen-bond acceptors (Lipinski definition) is 4. The Hall–Kier alpha value is -3.32. The summed E-state index contributed by atoms with van der Waals surface area (Å²) in [5.74, 6) is 0.557. The molecule has 1 N–H and O–H groups in total. The van der Waals surface area contributed by atoms with E-state index in [2.05, 4.69) is 41.4 Å². The summed E-state index contributed by atoms with van der Waals surface area (Å²) in [7, 11) is -3.49. The number of hydrogen-bond donors (Lipinski definition) is 1. The molecule has 1 fully saturated rings. The van der Waals surface area contributed by atoms with E-state index in [9.17, 15) is 13.2 Å². The third-order valence-electron chi connectivity index (χ3n) is 7.34. The molecule has 38 heavy (non-hydrogen) atoms. The minimum absolute atomic E-state index is 0.137. The fraction of sp³-hybridized carbons (Fsp3) is 0.387. The zero-order valence-corrected chi connectivity index (χ0v) is 23.9. The topological polar surface area (TPSA) is 69.7 Å². The molecule has 6 nitrogen and oxygen atoms in total. The van der Waals surface area contributed by atoms with Crippen LogP contribution in [-0.2, 0) is 16.6 Å². The van der Waals surface area contributed by atoms with Gasteiger partial charge in [-0.25, -0.2) is 8.42 Å². The molecule has 3 aromatic rings. The first-order chi connectivity index (χ1) is 18.0. The average molecular weight is 534 g/mol. The first kappa shape index (κ1) is 27.7. The summed E-state index contributed by atoms with van der Waals surface area (Å²) in [5, 5.41) is 3.08. The van der Waals surface area contributed by atoms with Crippen LogP contribution in [0.5, 0.6) is 0 Å². The fourth-order valence-electron chi connectivity index (χ4n) is 5.06. The Bertz CT molecular complexity index is 1370. The Morgan fingerprint density at radius 2 is 1.74 bits per heavy atom. The molecule has 1 aliphatic heterocycles. The fourth-order valence-corrected chi connectivity index (χ4v) is 6.00. The van der Waals surface area contributed by atoms with Crippen LogP contribution < -0.4 is 14.5 Å². The molecule has 0 aromatic heterocycles. The number of rotatable bonds is 8. The Kier molecular flexibility index (Phi) is 8.46. The maximum Gasteiger partial charge on any atom is 0.251 e. The lowest BCUT2D eigenvalue weighted by atomic mass is 9.99. The number of anilines is 2. The lowest BCUT2D eigenvalue weighted by Crippen LogP contribution is -2.34. The van der Waals surface area contributed by atoms with Crippen LogP contribution in [0.1, 0.15) is 65.3 Å². The van der Waals surface area contributed by atoms with E-state index >= 15 is 0 Å². The monoisotopic (exact) mass is 533 g/mol. The third kappa shape index (κ3) is 6.76. The predicted octanol–water partition coefficient (Wildman–Crippen LogP) is 6.00. The highest BCUT2D eigenvalue weighted by Gasteiger charge is 2.21. The van der Waals surface area contributed by atoms with Crippen molar-refractivity contribution in [1.29, 1.82) is 0 Å². The van der Waals surface area contributed by atoms with Gasteiger partial charge in [-0.2, -0.15) is 0 Å². The van der Waals surface area contributed by atoms with Crippen molar-refractivity contribution in [1.82, 2.24) is 5.32 Å². The number of aryl methyl sites for hydroxylation is 2. The van der Waals surface area contributed by atoms with Gasteiger partial charge in [0.05, 0.1) is 24.5 Å². The van der Waals surface area contributed by atoms with Crippen LogP contribution in [0.3, 0.4) is 0 Å². The van der Waals surface area contributed by atoms with Gasteiger partial charge in [0.25, 0.3) is 5.91 Å². The lowest BCUT2D eigenvalue weighted by molar-refractivity contribution is 0.0940. The van der Waals surface area contributed by atoms with E-state index in [1.807, 2.05) is 51.1 Å². The van der Waals surface area contributed by atoms with E-state index in [0.717, 1.165) is 35.3 Å². The van der Waals surface area contributed by atoms with Gasteiger partial charge >= 0.3 is 0 Å². The number of carbonyl (C=O) groups excluding carboxylic acids is 1. The van der Waals surface area contributed by atoms with Gasteiger partial charge < -0.3 is 10.2 Å². The van der Waals surface area contributed by atoms with E-state index in [1.165, 1.54) is 29.1 Å². The molecule has 1 aliphatic rings. The lowest BCUT2D eigenvalue weighted by Gasteiger charge is -2.33. The molecule has 2 atom stereocenters. The summed E-state index contributed by atoms with van der Waals surface area (Å²) < 4.78 is 26.6. The number of nitrogens with zero attached hydrogens (tertiary/aromatic N) is 2. The number of benzene rings is 3. The van der Waals surface area contributed by atoms with E-state index < -0.39 is 10.0 Å². The first-order valence-corrected chi connectivity index (χ1v) is 15.2. The molecule has 1 amide bonds. The van der Waals surface area contributed by atoms with Crippen molar-refractivity contribution in [2.24, 2.45) is 5.92 Å². The summed E-state index contributed by atoms with van der Waals surface area (Å²) >= 11 is 0. The molecule has 0 saturated carbocycles. The average Bonchev–Trinajstić information content (AvgIpc) is 2.88. The molecular formula is C31H39N3O3S. The molecular weight excluding hydrogens is 494 g/mol. The normalized spacial score (nSPS) is 16.7. The highest BCUT2D eigenvalue weighted by atomic mass is 32.2. The standard InChI is InChI=1S/C31H39N3O3S/c1-22-8-9-24(3)30(19-22)34(38(5,36)37)21-26-10-12-28(13-11-26)31(35)32-25(4)27-14-16-29(17-15-27)33-18-6-7-23(2)20-33/h8-17,19,23,25H,6-7,18,20-21H2,1-5H3,(H,32,35)/t23-,25-/m1/s1. The zero-order chi connectivity index (χ0) is 27.4. The first-order valence-electron chi connectivity index (χ1n) is 13.3. The highest BCUT2D eigenvalue weighted by molar-refractivity contribution is 7.92. The van der Waals surface area contributed by atoms with E-state index in [4.69, 9.17) is 0 Å². The minimum Gasteiger partial charge on any atom is -0.371 e. The maximum absolute atomic E-state index is 12.9. The smallest absolute Gasteiger partial charge is 0.251 e. The van der Waals surface area contributed by atoms with Gasteiger partial charge in [-0.05, 0) is 92.1 Å². The molecule has 0 bridgehead atoms. The van der Waals surface area contributed by atoms with E-state index in [0.29, 0.717) is 17.2 Å². The van der Waals surface area contributed by atoms with Crippen molar-refractivity contribution in [2.45, 2.75) is 53.1 Å². The summed E-state index contributed by atoms with van der Waals surface area (Å²) in [4.78, 5) is 15.4. The van der Waals surface area contributed by atoms with Gasteiger partial charge in [-0.1, -0.05) is 43.3 Å². The number of amides is 1. The maximum atomic E-state index is 12.9. The van der Waals surface area contributed by atoms with Crippen LogP contribution >= 0.6 is 0 Å². The molecule has 0 aliphatic carbocycles. The quantitative estimate of drug-likeness (QED) is 0.386. The Morgan fingerprint density at radius 1 is 1.05 bits per heavy atom. The number of carbonyl (C=O) groups is 1. The van der Waals surface area contributed by atoms with Crippen LogP contribution in [0, 0.1) is 19.8 Å². The second kappa shape index (κ2) is 11.6. The van der Waals surface area contributed by atoms with Crippen LogP contribution in [0.2, 0.25) is 0 Å². The van der Waals surface area contributed by atoms with Crippen LogP contribution in [0.4, 0.5) is 11.4 Å². The van der Waals surface area contributed by atoms with Crippen molar-refractivity contribution >= 4 is 27.3 Å². The summed E-state index contributed by atoms with van der Waals surface area (Å²) in [6.45, 7) is 10.5. The van der Waals surface area contributed by atoms with Gasteiger partial charge in [0.15, 0.2) is 0 Å². The second-order valence-electron chi connectivity index (χ2n) is 10.7. The molecule has 4 rings (SSSR count). The van der Waals surface area contributed by atoms with Gasteiger partial charge in [-0.3, -0.25) is 9.10 Å². The molecule has 202 valence electrons. The number of sulfonamides is 1. The summed E-state index contributed by atoms with van der Waals surface area (Å²) in [6, 6.07) is 21.3. The molecule has 0 unspecified atom stereocenters. The number of piperidine rings is 1. The van der Waals surface area contributed by atoms with Gasteiger partial charge in [0.2, 0.25) is 10.0 Å². The molecule has 7 heteroatoms. The van der Waals surface area contributed by atoms with Crippen LogP contribution in [0.25, 0.3) is 0 Å². The SMILES string of the molecule is Cc1ccc(C)c(N(Cc2ccc(C(=O)N[C@H](C)c3ccc(N4CCC[C@@H](C)C4)cc3)cc2)S(C)(=O)=O)c1. The van der Waals surface area contributed by atoms with Gasteiger partial charge in [0, 0.05) is 24.3 Å². The van der Waals surface area contributed by atoms with Crippen molar-refractivity contribution in [3.63, 3.8) is 0 Å². The highest BCUT2D eigenvalue weighted by Crippen LogP contribution is 2.27. The van der Waals surface area contributed by atoms with Gasteiger partial charge in [0.1, 0.15) is 0 Å². The summed E-state index contributed by atoms with van der Waals surface area (Å²) in [5.41, 5.74) is 6.20. The van der Waals surface area contributed by atoms with Crippen molar-refractivity contribution in [2.75, 3.05) is 28.6 Å². The zero-order valence-electron chi connectivity index (χ0n) is 23.1. The molecule has 1 saturated heterocycles. The minimum atomic E-state index is -3.49. The third-order valence-corrected chi connectivity index (χ3v) is 8.47. The second-order valence-corrected chi connectivity index (χ2v) is 12.6. The summed E-state index contributed by atoms with van der Waals surface area (Å²) in [6.07, 6.45) is 3.74. The predicted molar refractivity (Wildman–Crippen MR) is 156 cm³/mol. The van der Waals surface area contributed by atoms with E-state index in [1.54, 1.807) is 12.1 Å². The molecule has 1 heterocycles. The Balaban J connectivity index is 1.41. The Morgan fingerprint density at radius 3 is 2.37 bits per heavy atom. The largest absolute Gasteiger partial charge is 0.371 e. The van der Waals surface area contributed by atoms with Gasteiger partial charge in [-0.15, -0.1) is 0 Å². The van der Waals surface area contributed by atoms with Crippen molar-refractivity contribution in [3.05, 3.63) is 94.5 Å². The van der Waals surface area contributed by atoms with Crippen molar-refractivity contribution < 1.29 is 13.2 Å².